The second kappa shape index (κ2) is 6.32. The first-order chi connectivity index (χ1) is 9.61. The van der Waals surface area contributed by atoms with Crippen LogP contribution in [0.15, 0.2) is 24.3 Å². The number of benzene rings is 1. The van der Waals surface area contributed by atoms with E-state index in [-0.39, 0.29) is 0 Å². The molecule has 0 amide bonds. The lowest BCUT2D eigenvalue weighted by Gasteiger charge is -2.22. The first-order valence-corrected chi connectivity index (χ1v) is 6.88. The van der Waals surface area contributed by atoms with Gasteiger partial charge < -0.3 is 10.6 Å². The van der Waals surface area contributed by atoms with Crippen molar-refractivity contribution in [1.82, 2.24) is 15.2 Å². The Morgan fingerprint density at radius 2 is 1.85 bits per heavy atom. The Bertz CT molecular complexity index is 582. The van der Waals surface area contributed by atoms with Gasteiger partial charge >= 0.3 is 0 Å². The Kier molecular flexibility index (Phi) is 4.50. The smallest absolute Gasteiger partial charge is 0.245 e. The van der Waals surface area contributed by atoms with Gasteiger partial charge in [0.05, 0.1) is 11.4 Å². The highest BCUT2D eigenvalue weighted by molar-refractivity contribution is 5.48. The molecule has 1 heterocycles. The van der Waals surface area contributed by atoms with Crippen molar-refractivity contribution >= 4 is 11.6 Å². The number of aromatic nitrogens is 3. The highest BCUT2D eigenvalue weighted by Crippen LogP contribution is 2.17. The van der Waals surface area contributed by atoms with Crippen molar-refractivity contribution in [3.63, 3.8) is 0 Å². The van der Waals surface area contributed by atoms with Crippen molar-refractivity contribution in [3.05, 3.63) is 41.2 Å². The number of para-hydroxylation sites is 1. The number of hydrogen-bond donors (Lipinski definition) is 1. The molecule has 0 aliphatic rings. The summed E-state index contributed by atoms with van der Waals surface area (Å²) in [5.74, 6) is 0.665. The molecule has 0 aliphatic heterocycles. The molecule has 0 atom stereocenters. The third-order valence-corrected chi connectivity index (χ3v) is 3.27. The Labute approximate surface area is 119 Å². The quantitative estimate of drug-likeness (QED) is 0.846. The van der Waals surface area contributed by atoms with E-state index in [1.807, 2.05) is 38.1 Å². The topological polar surface area (TPSA) is 67.9 Å². The highest BCUT2D eigenvalue weighted by atomic mass is 15.3. The second-order valence-corrected chi connectivity index (χ2v) is 4.90. The summed E-state index contributed by atoms with van der Waals surface area (Å²) in [7, 11) is 0. The van der Waals surface area contributed by atoms with Gasteiger partial charge in [-0.1, -0.05) is 25.1 Å². The minimum Gasteiger partial charge on any atom is -0.398 e. The minimum absolute atomic E-state index is 0.665. The third-order valence-electron chi connectivity index (χ3n) is 3.27. The van der Waals surface area contributed by atoms with Crippen LogP contribution in [0, 0.1) is 13.8 Å². The molecule has 0 radical (unpaired) electrons. The number of nitrogens with zero attached hydrogens (tertiary/aromatic N) is 4. The Morgan fingerprint density at radius 1 is 1.10 bits per heavy atom. The van der Waals surface area contributed by atoms with Crippen LogP contribution < -0.4 is 10.6 Å². The number of rotatable bonds is 5. The maximum absolute atomic E-state index is 6.01. The van der Waals surface area contributed by atoms with Crippen LogP contribution in [-0.4, -0.2) is 21.7 Å². The van der Waals surface area contributed by atoms with Crippen LogP contribution in [0.25, 0.3) is 0 Å². The highest BCUT2D eigenvalue weighted by Gasteiger charge is 2.12. The molecule has 2 aromatic rings. The largest absolute Gasteiger partial charge is 0.398 e. The monoisotopic (exact) mass is 271 g/mol. The van der Waals surface area contributed by atoms with Crippen LogP contribution in [0.5, 0.6) is 0 Å². The van der Waals surface area contributed by atoms with Crippen molar-refractivity contribution in [2.45, 2.75) is 33.7 Å². The summed E-state index contributed by atoms with van der Waals surface area (Å²) in [4.78, 5) is 6.65. The Hall–Kier alpha value is -2.17. The Balaban J connectivity index is 2.27. The van der Waals surface area contributed by atoms with Gasteiger partial charge in [0, 0.05) is 18.8 Å². The molecule has 1 aromatic heterocycles. The molecule has 1 aromatic carbocycles. The van der Waals surface area contributed by atoms with E-state index >= 15 is 0 Å². The normalized spacial score (nSPS) is 10.6. The van der Waals surface area contributed by atoms with Crippen molar-refractivity contribution in [3.8, 4) is 0 Å². The molecule has 2 N–H and O–H groups in total. The molecule has 0 aliphatic carbocycles. The van der Waals surface area contributed by atoms with E-state index in [1.165, 1.54) is 0 Å². The average Bonchev–Trinajstić information content (AvgIpc) is 2.44. The molecule has 20 heavy (non-hydrogen) atoms. The van der Waals surface area contributed by atoms with E-state index in [0.717, 1.165) is 35.6 Å². The lowest BCUT2D eigenvalue weighted by molar-refractivity contribution is 0.717. The fourth-order valence-electron chi connectivity index (χ4n) is 1.98. The first-order valence-electron chi connectivity index (χ1n) is 6.88. The first kappa shape index (κ1) is 14.2. The molecule has 5 nitrogen and oxygen atoms in total. The molecule has 0 bridgehead atoms. The van der Waals surface area contributed by atoms with E-state index in [0.29, 0.717) is 12.5 Å². The molecular weight excluding hydrogens is 250 g/mol. The molecule has 2 rings (SSSR count). The summed E-state index contributed by atoms with van der Waals surface area (Å²) in [6.07, 6.45) is 1.02. The zero-order valence-electron chi connectivity index (χ0n) is 12.3. The predicted molar refractivity (Wildman–Crippen MR) is 81.5 cm³/mol. The molecule has 0 saturated heterocycles. The summed E-state index contributed by atoms with van der Waals surface area (Å²) in [5, 5.41) is 8.37. The lowest BCUT2D eigenvalue weighted by Crippen LogP contribution is -2.26. The van der Waals surface area contributed by atoms with Gasteiger partial charge in [-0.2, -0.15) is 5.10 Å². The van der Waals surface area contributed by atoms with E-state index in [9.17, 15) is 0 Å². The molecule has 0 spiro atoms. The van der Waals surface area contributed by atoms with E-state index in [2.05, 4.69) is 27.0 Å². The van der Waals surface area contributed by atoms with Crippen LogP contribution >= 0.6 is 0 Å². The number of nitrogen functional groups attached to an aromatic ring is 1. The fraction of sp³-hybridized carbons (Fsp3) is 0.400. The van der Waals surface area contributed by atoms with E-state index in [4.69, 9.17) is 5.73 Å². The molecule has 0 saturated carbocycles. The van der Waals surface area contributed by atoms with Crippen molar-refractivity contribution in [2.24, 2.45) is 0 Å². The molecule has 5 heteroatoms. The van der Waals surface area contributed by atoms with Crippen molar-refractivity contribution in [2.75, 3.05) is 17.2 Å². The molecular formula is C15H21N5. The lowest BCUT2D eigenvalue weighted by atomic mass is 10.1. The second-order valence-electron chi connectivity index (χ2n) is 4.90. The van der Waals surface area contributed by atoms with Gasteiger partial charge in [0.2, 0.25) is 5.95 Å². The standard InChI is InChI=1S/C15H21N5/c1-4-9-20(10-13-7-5-6-8-14(13)16)15-17-11(2)12(3)18-19-15/h5-8H,4,9-10,16H2,1-3H3. The van der Waals surface area contributed by atoms with Gasteiger partial charge in [0.1, 0.15) is 0 Å². The third kappa shape index (κ3) is 3.23. The summed E-state index contributed by atoms with van der Waals surface area (Å²) < 4.78 is 0. The van der Waals surface area contributed by atoms with Gasteiger partial charge in [-0.3, -0.25) is 0 Å². The zero-order chi connectivity index (χ0) is 14.5. The van der Waals surface area contributed by atoms with E-state index < -0.39 is 0 Å². The summed E-state index contributed by atoms with van der Waals surface area (Å²) in [5.41, 5.74) is 9.68. The fourth-order valence-corrected chi connectivity index (χ4v) is 1.98. The number of hydrogen-bond acceptors (Lipinski definition) is 5. The van der Waals surface area contributed by atoms with Gasteiger partial charge in [0.25, 0.3) is 0 Å². The average molecular weight is 271 g/mol. The van der Waals surface area contributed by atoms with Crippen LogP contribution in [-0.2, 0) is 6.54 Å². The number of aryl methyl sites for hydroxylation is 2. The summed E-state index contributed by atoms with van der Waals surface area (Å²) in [6, 6.07) is 7.89. The van der Waals surface area contributed by atoms with Gasteiger partial charge in [-0.05, 0) is 31.9 Å². The predicted octanol–water partition coefficient (Wildman–Crippen LogP) is 2.49. The minimum atomic E-state index is 0.665. The molecule has 0 fully saturated rings. The zero-order valence-corrected chi connectivity index (χ0v) is 12.3. The van der Waals surface area contributed by atoms with E-state index in [1.54, 1.807) is 0 Å². The van der Waals surface area contributed by atoms with Crippen molar-refractivity contribution < 1.29 is 0 Å². The van der Waals surface area contributed by atoms with Gasteiger partial charge in [-0.15, -0.1) is 5.10 Å². The van der Waals surface area contributed by atoms with Crippen LogP contribution in [0.1, 0.15) is 30.3 Å². The molecule has 106 valence electrons. The summed E-state index contributed by atoms with van der Waals surface area (Å²) >= 11 is 0. The maximum Gasteiger partial charge on any atom is 0.245 e. The van der Waals surface area contributed by atoms with Gasteiger partial charge in [0.15, 0.2) is 0 Å². The van der Waals surface area contributed by atoms with Crippen LogP contribution in [0.2, 0.25) is 0 Å². The van der Waals surface area contributed by atoms with Crippen molar-refractivity contribution in [1.29, 1.82) is 0 Å². The Morgan fingerprint density at radius 3 is 2.50 bits per heavy atom. The van der Waals surface area contributed by atoms with Crippen LogP contribution in [0.3, 0.4) is 0 Å². The summed E-state index contributed by atoms with van der Waals surface area (Å²) in [6.45, 7) is 7.58. The number of anilines is 2. The molecule has 0 unspecified atom stereocenters. The van der Waals surface area contributed by atoms with Crippen LogP contribution in [0.4, 0.5) is 11.6 Å². The van der Waals surface area contributed by atoms with Gasteiger partial charge in [-0.25, -0.2) is 4.98 Å². The SMILES string of the molecule is CCCN(Cc1ccccc1N)c1nnc(C)c(C)n1. The maximum atomic E-state index is 6.01. The number of nitrogens with two attached hydrogens (primary N) is 1.